The van der Waals surface area contributed by atoms with Gasteiger partial charge in [0.2, 0.25) is 0 Å². The third kappa shape index (κ3) is 4.31. The molecule has 1 aromatic heterocycles. The van der Waals surface area contributed by atoms with Crippen LogP contribution >= 0.6 is 0 Å². The van der Waals surface area contributed by atoms with Gasteiger partial charge in [-0.25, -0.2) is 9.78 Å². The van der Waals surface area contributed by atoms with E-state index in [0.717, 1.165) is 17.5 Å². The Morgan fingerprint density at radius 1 is 1.26 bits per heavy atom. The van der Waals surface area contributed by atoms with E-state index in [1.807, 2.05) is 44.2 Å². The number of nitrogens with zero attached hydrogens (tertiary/aromatic N) is 2. The number of fused-ring (bicyclic) bond motifs is 2. The molecule has 0 saturated carbocycles. The van der Waals surface area contributed by atoms with Gasteiger partial charge in [0.15, 0.2) is 29.7 Å². The van der Waals surface area contributed by atoms with Gasteiger partial charge in [0.25, 0.3) is 0 Å². The molecule has 2 heterocycles. The number of ether oxygens (including phenoxy) is 3. The fraction of sp³-hybridized carbons (Fsp3) is 0.261. The fourth-order valence-electron chi connectivity index (χ4n) is 3.43. The standard InChI is InChI=1S/C23H21N3O5/c1-23(2)10-14-6-5-9-19(21(14)31-23)29-13-20(28)30-12-18(27)15(11-24)22-25-16-7-3-4-8-17(16)26-22/h3-9,27H,10,12-13H2,1-2H3,(H,25,26). The lowest BCUT2D eigenvalue weighted by molar-refractivity contribution is -0.145. The minimum absolute atomic E-state index is 0.0959. The van der Waals surface area contributed by atoms with E-state index in [9.17, 15) is 15.2 Å². The van der Waals surface area contributed by atoms with E-state index in [2.05, 4.69) is 9.97 Å². The van der Waals surface area contributed by atoms with Gasteiger partial charge in [-0.2, -0.15) is 5.26 Å². The lowest BCUT2D eigenvalue weighted by Crippen LogP contribution is -2.25. The van der Waals surface area contributed by atoms with Crippen molar-refractivity contribution in [1.82, 2.24) is 9.97 Å². The van der Waals surface area contributed by atoms with E-state index in [-0.39, 0.29) is 23.6 Å². The van der Waals surface area contributed by atoms with Gasteiger partial charge in [-0.1, -0.05) is 24.3 Å². The zero-order valence-corrected chi connectivity index (χ0v) is 17.1. The van der Waals surface area contributed by atoms with Crippen molar-refractivity contribution in [1.29, 1.82) is 5.26 Å². The average molecular weight is 419 g/mol. The Kier molecular flexibility index (Phi) is 5.26. The quantitative estimate of drug-likeness (QED) is 0.355. The minimum atomic E-state index is -0.691. The van der Waals surface area contributed by atoms with E-state index in [1.165, 1.54) is 0 Å². The molecule has 8 nitrogen and oxygen atoms in total. The van der Waals surface area contributed by atoms with Gasteiger partial charge >= 0.3 is 5.97 Å². The number of carbonyl (C=O) groups is 1. The van der Waals surface area contributed by atoms with Crippen LogP contribution in [-0.4, -0.2) is 39.9 Å². The van der Waals surface area contributed by atoms with E-state index in [4.69, 9.17) is 14.2 Å². The number of aliphatic hydroxyl groups is 1. The summed E-state index contributed by atoms with van der Waals surface area (Å²) in [6, 6.07) is 14.6. The molecular formula is C23H21N3O5. The third-order valence-electron chi connectivity index (χ3n) is 4.80. The maximum absolute atomic E-state index is 12.1. The molecule has 0 amide bonds. The van der Waals surface area contributed by atoms with Crippen molar-refractivity contribution in [3.05, 3.63) is 59.6 Å². The number of aromatic amines is 1. The Morgan fingerprint density at radius 2 is 2.06 bits per heavy atom. The maximum Gasteiger partial charge on any atom is 0.344 e. The molecule has 3 aromatic rings. The summed E-state index contributed by atoms with van der Waals surface area (Å²) in [5.41, 5.74) is 1.97. The van der Waals surface area contributed by atoms with Gasteiger partial charge in [0.05, 0.1) is 11.0 Å². The Labute approximate surface area is 178 Å². The van der Waals surface area contributed by atoms with Gasteiger partial charge in [-0.3, -0.25) is 0 Å². The van der Waals surface area contributed by atoms with Gasteiger partial charge in [-0.05, 0) is 32.0 Å². The van der Waals surface area contributed by atoms with Crippen LogP contribution in [0.25, 0.3) is 16.6 Å². The molecule has 1 aliphatic rings. The minimum Gasteiger partial charge on any atom is -0.507 e. The van der Waals surface area contributed by atoms with Crippen LogP contribution in [0.2, 0.25) is 0 Å². The zero-order valence-electron chi connectivity index (χ0n) is 17.1. The molecule has 1 aliphatic heterocycles. The number of aliphatic hydroxyl groups excluding tert-OH is 1. The Bertz CT molecular complexity index is 1190. The molecule has 0 spiro atoms. The largest absolute Gasteiger partial charge is 0.507 e. The van der Waals surface area contributed by atoms with E-state index in [0.29, 0.717) is 17.0 Å². The number of esters is 1. The van der Waals surface area contributed by atoms with Gasteiger partial charge in [0, 0.05) is 12.0 Å². The summed E-state index contributed by atoms with van der Waals surface area (Å²) in [6.45, 7) is 3.13. The molecular weight excluding hydrogens is 398 g/mol. The first-order valence-corrected chi connectivity index (χ1v) is 9.73. The summed E-state index contributed by atoms with van der Waals surface area (Å²) in [6.07, 6.45) is 0.751. The number of H-pyrrole nitrogens is 1. The number of benzene rings is 2. The molecule has 0 aliphatic carbocycles. The van der Waals surface area contributed by atoms with Crippen molar-refractivity contribution in [2.75, 3.05) is 13.2 Å². The van der Waals surface area contributed by atoms with E-state index in [1.54, 1.807) is 18.2 Å². The molecule has 0 fully saturated rings. The van der Waals surface area contributed by atoms with Crippen LogP contribution in [0.5, 0.6) is 11.5 Å². The van der Waals surface area contributed by atoms with Crippen LogP contribution in [0, 0.1) is 11.3 Å². The van der Waals surface area contributed by atoms with Crippen LogP contribution in [0.1, 0.15) is 25.2 Å². The second-order valence-electron chi connectivity index (χ2n) is 7.77. The average Bonchev–Trinajstić information content (AvgIpc) is 3.30. The molecule has 0 atom stereocenters. The van der Waals surface area contributed by atoms with Crippen molar-refractivity contribution in [3.63, 3.8) is 0 Å². The predicted octanol–water partition coefficient (Wildman–Crippen LogP) is 3.69. The van der Waals surface area contributed by atoms with Gasteiger partial charge in [-0.15, -0.1) is 0 Å². The third-order valence-corrected chi connectivity index (χ3v) is 4.80. The highest BCUT2D eigenvalue weighted by Crippen LogP contribution is 2.41. The zero-order chi connectivity index (χ0) is 22.0. The molecule has 2 aromatic carbocycles. The smallest absolute Gasteiger partial charge is 0.344 e. The Hall–Kier alpha value is -3.99. The molecule has 4 rings (SSSR count). The number of imidazole rings is 1. The summed E-state index contributed by atoms with van der Waals surface area (Å²) in [5, 5.41) is 19.7. The number of allylic oxidation sites excluding steroid dienone is 1. The van der Waals surface area contributed by atoms with Crippen LogP contribution in [0.4, 0.5) is 0 Å². The molecule has 31 heavy (non-hydrogen) atoms. The molecule has 158 valence electrons. The molecule has 0 radical (unpaired) electrons. The molecule has 0 saturated heterocycles. The van der Waals surface area contributed by atoms with Crippen LogP contribution in [0.3, 0.4) is 0 Å². The van der Waals surface area contributed by atoms with Crippen LogP contribution in [-0.2, 0) is 16.0 Å². The Balaban J connectivity index is 1.39. The van der Waals surface area contributed by atoms with Crippen molar-refractivity contribution in [2.45, 2.75) is 25.9 Å². The highest BCUT2D eigenvalue weighted by Gasteiger charge is 2.32. The number of rotatable bonds is 6. The van der Waals surface area contributed by atoms with Crippen LogP contribution < -0.4 is 9.47 Å². The summed E-state index contributed by atoms with van der Waals surface area (Å²) in [5.74, 6) is 0.191. The molecule has 0 bridgehead atoms. The first-order valence-electron chi connectivity index (χ1n) is 9.73. The lowest BCUT2D eigenvalue weighted by atomic mass is 10.0. The fourth-order valence-corrected chi connectivity index (χ4v) is 3.43. The van der Waals surface area contributed by atoms with Crippen molar-refractivity contribution in [3.8, 4) is 17.6 Å². The number of hydrogen-bond donors (Lipinski definition) is 2. The lowest BCUT2D eigenvalue weighted by Gasteiger charge is -2.18. The normalized spacial score (nSPS) is 14.9. The van der Waals surface area contributed by atoms with Crippen LogP contribution in [0.15, 0.2) is 48.2 Å². The first-order chi connectivity index (χ1) is 14.9. The summed E-state index contributed by atoms with van der Waals surface area (Å²) >= 11 is 0. The number of nitrogens with one attached hydrogen (secondary N) is 1. The number of hydrogen-bond acceptors (Lipinski definition) is 7. The van der Waals surface area contributed by atoms with Crippen molar-refractivity contribution >= 4 is 22.6 Å². The Morgan fingerprint density at radius 3 is 2.84 bits per heavy atom. The highest BCUT2D eigenvalue weighted by atomic mass is 16.6. The highest BCUT2D eigenvalue weighted by molar-refractivity contribution is 5.83. The monoisotopic (exact) mass is 419 g/mol. The topological polar surface area (TPSA) is 117 Å². The van der Waals surface area contributed by atoms with E-state index < -0.39 is 18.3 Å². The van der Waals surface area contributed by atoms with Crippen molar-refractivity contribution in [2.24, 2.45) is 0 Å². The number of nitriles is 1. The number of aromatic nitrogens is 2. The first kappa shape index (κ1) is 20.3. The summed E-state index contributed by atoms with van der Waals surface area (Å²) in [4.78, 5) is 19.3. The van der Waals surface area contributed by atoms with Gasteiger partial charge < -0.3 is 24.3 Å². The van der Waals surface area contributed by atoms with Gasteiger partial charge in [0.1, 0.15) is 23.9 Å². The van der Waals surface area contributed by atoms with E-state index >= 15 is 0 Å². The molecule has 0 unspecified atom stereocenters. The number of para-hydroxylation sites is 3. The number of carbonyl (C=O) groups excluding carboxylic acids is 1. The van der Waals surface area contributed by atoms with Crippen molar-refractivity contribution < 1.29 is 24.1 Å². The SMILES string of the molecule is CC1(C)Cc2cccc(OCC(=O)OCC(O)=C(C#N)c3nc4ccccc4[nH]3)c2O1. The second-order valence-corrected chi connectivity index (χ2v) is 7.77. The summed E-state index contributed by atoms with van der Waals surface area (Å²) in [7, 11) is 0. The second kappa shape index (κ2) is 8.03. The molecule has 2 N–H and O–H groups in total. The summed E-state index contributed by atoms with van der Waals surface area (Å²) < 4.78 is 16.5. The maximum atomic E-state index is 12.1. The predicted molar refractivity (Wildman–Crippen MR) is 113 cm³/mol. The molecule has 8 heteroatoms.